The smallest absolute Gasteiger partial charge is 0.0824 e. The lowest BCUT2D eigenvalue weighted by Gasteiger charge is -2.20. The molecule has 0 aromatic heterocycles. The summed E-state index contributed by atoms with van der Waals surface area (Å²) in [6.45, 7) is 9.20. The predicted octanol–water partition coefficient (Wildman–Crippen LogP) is 1.59. The van der Waals surface area contributed by atoms with E-state index < -0.39 is 5.60 Å². The quantitative estimate of drug-likeness (QED) is 0.620. The van der Waals surface area contributed by atoms with E-state index in [0.29, 0.717) is 13.2 Å². The molecule has 0 bridgehead atoms. The summed E-state index contributed by atoms with van der Waals surface area (Å²) in [6, 6.07) is 0. The Morgan fingerprint density at radius 1 is 1.38 bits per heavy atom. The zero-order chi connectivity index (χ0) is 10.3. The summed E-state index contributed by atoms with van der Waals surface area (Å²) in [6.07, 6.45) is 1.08. The molecule has 0 aliphatic rings. The topological polar surface area (TPSA) is 38.7 Å². The SMILES string of the molecule is CCCOCC(C)OCC(C)(C)O. The average Bonchev–Trinajstić information content (AvgIpc) is 2.00. The van der Waals surface area contributed by atoms with Crippen LogP contribution in [0.15, 0.2) is 0 Å². The number of hydrogen-bond donors (Lipinski definition) is 1. The van der Waals surface area contributed by atoms with E-state index in [-0.39, 0.29) is 6.10 Å². The fourth-order valence-electron chi connectivity index (χ4n) is 0.788. The molecule has 0 radical (unpaired) electrons. The molecule has 1 N–H and O–H groups in total. The van der Waals surface area contributed by atoms with Crippen molar-refractivity contribution >= 4 is 0 Å². The van der Waals surface area contributed by atoms with E-state index >= 15 is 0 Å². The van der Waals surface area contributed by atoms with Gasteiger partial charge in [0.15, 0.2) is 0 Å². The average molecular weight is 190 g/mol. The molecule has 0 saturated carbocycles. The first-order chi connectivity index (χ1) is 5.95. The Bertz CT molecular complexity index is 118. The van der Waals surface area contributed by atoms with Crippen LogP contribution in [0.1, 0.15) is 34.1 Å². The van der Waals surface area contributed by atoms with Crippen molar-refractivity contribution in [2.75, 3.05) is 19.8 Å². The van der Waals surface area contributed by atoms with E-state index in [1.807, 2.05) is 6.92 Å². The van der Waals surface area contributed by atoms with Crippen molar-refractivity contribution in [3.63, 3.8) is 0 Å². The van der Waals surface area contributed by atoms with E-state index in [1.165, 1.54) is 0 Å². The second kappa shape index (κ2) is 6.35. The highest BCUT2D eigenvalue weighted by Gasteiger charge is 2.14. The standard InChI is InChI=1S/C10H22O3/c1-5-6-12-7-9(2)13-8-10(3,4)11/h9,11H,5-8H2,1-4H3. The highest BCUT2D eigenvalue weighted by molar-refractivity contribution is 4.64. The van der Waals surface area contributed by atoms with Gasteiger partial charge >= 0.3 is 0 Å². The van der Waals surface area contributed by atoms with Gasteiger partial charge in [0.05, 0.1) is 24.9 Å². The molecule has 0 aliphatic carbocycles. The minimum absolute atomic E-state index is 0.0537. The lowest BCUT2D eigenvalue weighted by atomic mass is 10.2. The van der Waals surface area contributed by atoms with Gasteiger partial charge in [-0.15, -0.1) is 0 Å². The van der Waals surface area contributed by atoms with E-state index in [2.05, 4.69) is 6.92 Å². The van der Waals surface area contributed by atoms with Crippen LogP contribution in [0.3, 0.4) is 0 Å². The molecule has 0 rings (SSSR count). The summed E-state index contributed by atoms with van der Waals surface area (Å²) in [5.74, 6) is 0. The van der Waals surface area contributed by atoms with Gasteiger partial charge in [-0.1, -0.05) is 6.92 Å². The molecule has 0 heterocycles. The van der Waals surface area contributed by atoms with Crippen molar-refractivity contribution in [1.82, 2.24) is 0 Å². The van der Waals surface area contributed by atoms with Crippen molar-refractivity contribution in [2.24, 2.45) is 0 Å². The second-order valence-electron chi connectivity index (χ2n) is 4.01. The van der Waals surface area contributed by atoms with Gasteiger partial charge in [-0.05, 0) is 27.2 Å². The molecule has 0 spiro atoms. The Labute approximate surface area is 81.0 Å². The van der Waals surface area contributed by atoms with Gasteiger partial charge in [-0.25, -0.2) is 0 Å². The van der Waals surface area contributed by atoms with Crippen molar-refractivity contribution in [3.8, 4) is 0 Å². The van der Waals surface area contributed by atoms with Gasteiger partial charge in [-0.2, -0.15) is 0 Å². The van der Waals surface area contributed by atoms with E-state index in [4.69, 9.17) is 9.47 Å². The minimum atomic E-state index is -0.751. The minimum Gasteiger partial charge on any atom is -0.388 e. The maximum Gasteiger partial charge on any atom is 0.0824 e. The van der Waals surface area contributed by atoms with Crippen LogP contribution >= 0.6 is 0 Å². The van der Waals surface area contributed by atoms with Gasteiger partial charge in [0.1, 0.15) is 0 Å². The second-order valence-corrected chi connectivity index (χ2v) is 4.01. The van der Waals surface area contributed by atoms with Crippen molar-refractivity contribution < 1.29 is 14.6 Å². The van der Waals surface area contributed by atoms with Crippen LogP contribution in [-0.2, 0) is 9.47 Å². The molecule has 0 aromatic carbocycles. The van der Waals surface area contributed by atoms with Crippen molar-refractivity contribution in [3.05, 3.63) is 0 Å². The van der Waals surface area contributed by atoms with E-state index in [9.17, 15) is 5.11 Å². The number of ether oxygens (including phenoxy) is 2. The third-order valence-electron chi connectivity index (χ3n) is 1.42. The van der Waals surface area contributed by atoms with Crippen molar-refractivity contribution in [1.29, 1.82) is 0 Å². The molecule has 0 aliphatic heterocycles. The molecule has 3 heteroatoms. The highest BCUT2D eigenvalue weighted by Crippen LogP contribution is 2.03. The molecule has 1 unspecified atom stereocenters. The monoisotopic (exact) mass is 190 g/mol. The van der Waals surface area contributed by atoms with Crippen LogP contribution in [0.2, 0.25) is 0 Å². The fourth-order valence-corrected chi connectivity index (χ4v) is 0.788. The molecule has 3 nitrogen and oxygen atoms in total. The molecule has 0 saturated heterocycles. The number of aliphatic hydroxyl groups is 1. The van der Waals surface area contributed by atoms with Crippen LogP contribution < -0.4 is 0 Å². The predicted molar refractivity (Wildman–Crippen MR) is 52.8 cm³/mol. The largest absolute Gasteiger partial charge is 0.388 e. The Balaban J connectivity index is 3.35. The lowest BCUT2D eigenvalue weighted by Crippen LogP contribution is -2.30. The molecule has 0 aromatic rings. The normalized spacial score (nSPS) is 14.5. The first-order valence-corrected chi connectivity index (χ1v) is 4.87. The van der Waals surface area contributed by atoms with Crippen LogP contribution in [0.4, 0.5) is 0 Å². The summed E-state index contributed by atoms with van der Waals surface area (Å²) in [7, 11) is 0. The van der Waals surface area contributed by atoms with Crippen molar-refractivity contribution in [2.45, 2.75) is 45.8 Å². The van der Waals surface area contributed by atoms with Crippen LogP contribution in [0.5, 0.6) is 0 Å². The Kier molecular flexibility index (Phi) is 6.29. The van der Waals surface area contributed by atoms with Gasteiger partial charge in [0, 0.05) is 6.61 Å². The fraction of sp³-hybridized carbons (Fsp3) is 1.00. The van der Waals surface area contributed by atoms with Gasteiger partial charge < -0.3 is 14.6 Å². The summed E-state index contributed by atoms with van der Waals surface area (Å²) < 4.78 is 10.7. The lowest BCUT2D eigenvalue weighted by molar-refractivity contribution is -0.0710. The molecular formula is C10H22O3. The molecule has 1 atom stereocenters. The molecule has 0 fully saturated rings. The summed E-state index contributed by atoms with van der Waals surface area (Å²) in [5.41, 5.74) is -0.751. The Hall–Kier alpha value is -0.120. The third kappa shape index (κ3) is 9.80. The maximum atomic E-state index is 9.37. The molecule has 80 valence electrons. The molecule has 0 amide bonds. The molecular weight excluding hydrogens is 168 g/mol. The first kappa shape index (κ1) is 12.9. The molecule has 13 heavy (non-hydrogen) atoms. The highest BCUT2D eigenvalue weighted by atomic mass is 16.5. The van der Waals surface area contributed by atoms with Gasteiger partial charge in [-0.3, -0.25) is 0 Å². The number of rotatable bonds is 7. The number of hydrogen-bond acceptors (Lipinski definition) is 3. The third-order valence-corrected chi connectivity index (χ3v) is 1.42. The van der Waals surface area contributed by atoms with E-state index in [1.54, 1.807) is 13.8 Å². The Morgan fingerprint density at radius 2 is 2.00 bits per heavy atom. The summed E-state index contributed by atoms with van der Waals surface area (Å²) in [5, 5.41) is 9.37. The summed E-state index contributed by atoms with van der Waals surface area (Å²) in [4.78, 5) is 0. The van der Waals surface area contributed by atoms with Gasteiger partial charge in [0.2, 0.25) is 0 Å². The Morgan fingerprint density at radius 3 is 2.46 bits per heavy atom. The van der Waals surface area contributed by atoms with Crippen LogP contribution in [-0.4, -0.2) is 36.6 Å². The zero-order valence-corrected chi connectivity index (χ0v) is 9.17. The summed E-state index contributed by atoms with van der Waals surface area (Å²) >= 11 is 0. The van der Waals surface area contributed by atoms with Crippen LogP contribution in [0, 0.1) is 0 Å². The van der Waals surface area contributed by atoms with Crippen LogP contribution in [0.25, 0.3) is 0 Å². The van der Waals surface area contributed by atoms with E-state index in [0.717, 1.165) is 13.0 Å². The first-order valence-electron chi connectivity index (χ1n) is 4.87. The zero-order valence-electron chi connectivity index (χ0n) is 9.17. The van der Waals surface area contributed by atoms with Gasteiger partial charge in [0.25, 0.3) is 0 Å². The maximum absolute atomic E-state index is 9.37.